The molecular formula is C14H13Cl2N3O5S3. The Bertz CT molecular complexity index is 958. The molecule has 2 rings (SSSR count). The van der Waals surface area contributed by atoms with Crippen molar-refractivity contribution in [2.45, 2.75) is 15.5 Å². The minimum atomic E-state index is -3.11. The van der Waals surface area contributed by atoms with Crippen molar-refractivity contribution in [2.75, 3.05) is 18.6 Å². The van der Waals surface area contributed by atoms with Crippen LogP contribution in [-0.2, 0) is 9.84 Å². The highest BCUT2D eigenvalue weighted by Gasteiger charge is 2.24. The Hall–Kier alpha value is -1.40. The molecule has 8 nitrogen and oxygen atoms in total. The Kier molecular flexibility index (Phi) is 7.46. The molecule has 0 radical (unpaired) electrons. The van der Waals surface area contributed by atoms with Crippen LogP contribution in [0.5, 0.6) is 0 Å². The van der Waals surface area contributed by atoms with Crippen LogP contribution in [0.3, 0.4) is 0 Å². The molecule has 13 heteroatoms. The van der Waals surface area contributed by atoms with E-state index in [1.807, 2.05) is 0 Å². The summed E-state index contributed by atoms with van der Waals surface area (Å²) in [7, 11) is -3.11. The fraction of sp³-hybridized carbons (Fsp3) is 0.286. The zero-order chi connectivity index (χ0) is 20.2. The van der Waals surface area contributed by atoms with E-state index in [1.54, 1.807) is 0 Å². The van der Waals surface area contributed by atoms with Crippen LogP contribution in [0.4, 0.5) is 5.69 Å². The van der Waals surface area contributed by atoms with Crippen LogP contribution in [0, 0.1) is 10.1 Å². The number of carbonyl (C=O) groups is 1. The maximum atomic E-state index is 12.2. The van der Waals surface area contributed by atoms with Crippen molar-refractivity contribution < 1.29 is 18.1 Å². The number of rotatable bonds is 8. The third-order valence-corrected chi connectivity index (χ3v) is 7.37. The number of hydrogen-bond acceptors (Lipinski definition) is 8. The van der Waals surface area contributed by atoms with E-state index in [2.05, 4.69) is 10.3 Å². The largest absolute Gasteiger partial charge is 0.351 e. The molecule has 0 aliphatic rings. The van der Waals surface area contributed by atoms with Crippen molar-refractivity contribution >= 4 is 67.7 Å². The van der Waals surface area contributed by atoms with E-state index >= 15 is 0 Å². The average Bonchev–Trinajstić information content (AvgIpc) is 2.98. The smallest absolute Gasteiger partial charge is 0.294 e. The maximum Gasteiger partial charge on any atom is 0.294 e. The zero-order valence-electron chi connectivity index (χ0n) is 13.8. The number of nitro groups is 1. The predicted molar refractivity (Wildman–Crippen MR) is 106 cm³/mol. The molecule has 1 N–H and O–H groups in total. The molecule has 0 aliphatic heterocycles. The Labute approximate surface area is 173 Å². The number of aromatic nitrogens is 1. The summed E-state index contributed by atoms with van der Waals surface area (Å²) < 4.78 is 22.4. The summed E-state index contributed by atoms with van der Waals surface area (Å²) in [5, 5.41) is 14.3. The van der Waals surface area contributed by atoms with Crippen LogP contribution in [0.15, 0.2) is 27.6 Å². The van der Waals surface area contributed by atoms with Gasteiger partial charge in [0.2, 0.25) is 0 Å². The molecule has 2 heterocycles. The SMILES string of the molecule is CS(=O)(=O)CCCNC(=O)c1cc([N+](=O)[O-])c(Sc2c(Cl)cncc2Cl)s1. The number of nitrogens with one attached hydrogen (secondary N) is 1. The number of thiophene rings is 1. The van der Waals surface area contributed by atoms with Crippen LogP contribution in [0.2, 0.25) is 10.0 Å². The molecule has 0 saturated carbocycles. The number of hydrogen-bond donors (Lipinski definition) is 1. The highest BCUT2D eigenvalue weighted by Crippen LogP contribution is 2.45. The molecule has 2 aromatic rings. The summed E-state index contributed by atoms with van der Waals surface area (Å²) in [5.74, 6) is -0.576. The van der Waals surface area contributed by atoms with E-state index < -0.39 is 20.7 Å². The monoisotopic (exact) mass is 469 g/mol. The van der Waals surface area contributed by atoms with Gasteiger partial charge in [0, 0.05) is 31.3 Å². The van der Waals surface area contributed by atoms with E-state index in [9.17, 15) is 23.3 Å². The van der Waals surface area contributed by atoms with E-state index in [0.29, 0.717) is 4.90 Å². The van der Waals surface area contributed by atoms with Crippen molar-refractivity contribution in [3.63, 3.8) is 0 Å². The molecule has 0 saturated heterocycles. The van der Waals surface area contributed by atoms with Gasteiger partial charge in [-0.05, 0) is 6.42 Å². The van der Waals surface area contributed by atoms with Gasteiger partial charge in [0.25, 0.3) is 11.6 Å². The third-order valence-electron chi connectivity index (χ3n) is 3.08. The number of nitrogens with zero attached hydrogens (tertiary/aromatic N) is 2. The summed E-state index contributed by atoms with van der Waals surface area (Å²) >= 11 is 14.0. The van der Waals surface area contributed by atoms with Gasteiger partial charge in [0.1, 0.15) is 18.9 Å². The highest BCUT2D eigenvalue weighted by molar-refractivity contribution is 8.01. The molecule has 27 heavy (non-hydrogen) atoms. The lowest BCUT2D eigenvalue weighted by Gasteiger charge is -2.04. The van der Waals surface area contributed by atoms with E-state index in [0.717, 1.165) is 29.4 Å². The van der Waals surface area contributed by atoms with Crippen LogP contribution in [-0.4, -0.2) is 42.8 Å². The summed E-state index contributed by atoms with van der Waals surface area (Å²) in [4.78, 5) is 27.3. The van der Waals surface area contributed by atoms with Gasteiger partial charge in [-0.2, -0.15) is 0 Å². The Morgan fingerprint density at radius 3 is 2.56 bits per heavy atom. The van der Waals surface area contributed by atoms with Crippen LogP contribution in [0.25, 0.3) is 0 Å². The third kappa shape index (κ3) is 6.32. The lowest BCUT2D eigenvalue weighted by molar-refractivity contribution is -0.387. The van der Waals surface area contributed by atoms with Gasteiger partial charge >= 0.3 is 0 Å². The Balaban J connectivity index is 2.17. The van der Waals surface area contributed by atoms with Gasteiger partial charge in [-0.1, -0.05) is 35.0 Å². The van der Waals surface area contributed by atoms with Gasteiger partial charge in [0.05, 0.1) is 25.6 Å². The summed E-state index contributed by atoms with van der Waals surface area (Å²) in [6.45, 7) is 0.141. The van der Waals surface area contributed by atoms with Gasteiger partial charge in [-0.25, -0.2) is 8.42 Å². The van der Waals surface area contributed by atoms with E-state index in [4.69, 9.17) is 23.2 Å². The zero-order valence-corrected chi connectivity index (χ0v) is 17.7. The van der Waals surface area contributed by atoms with Crippen molar-refractivity contribution in [3.05, 3.63) is 43.5 Å². The van der Waals surface area contributed by atoms with Crippen LogP contribution in [0.1, 0.15) is 16.1 Å². The van der Waals surface area contributed by atoms with Crippen molar-refractivity contribution in [1.82, 2.24) is 10.3 Å². The number of halogens is 2. The first-order valence-electron chi connectivity index (χ1n) is 7.29. The predicted octanol–water partition coefficient (Wildman–Crippen LogP) is 3.67. The minimum absolute atomic E-state index is 0.0575. The lowest BCUT2D eigenvalue weighted by atomic mass is 10.4. The van der Waals surface area contributed by atoms with Gasteiger partial charge in [0.15, 0.2) is 0 Å². The average molecular weight is 470 g/mol. The van der Waals surface area contributed by atoms with E-state index in [1.165, 1.54) is 18.5 Å². The van der Waals surface area contributed by atoms with Crippen LogP contribution < -0.4 is 5.32 Å². The standard InChI is InChI=1S/C14H13Cl2N3O5S3/c1-27(23,24)4-2-3-18-13(20)11-5-10(19(21)22)14(25-11)26-12-8(15)6-17-7-9(12)16/h5-7H,2-4H2,1H3,(H,18,20). The molecule has 0 spiro atoms. The van der Waals surface area contributed by atoms with Crippen molar-refractivity contribution in [1.29, 1.82) is 0 Å². The fourth-order valence-electron chi connectivity index (χ4n) is 1.89. The number of pyridine rings is 1. The topological polar surface area (TPSA) is 119 Å². The molecule has 1 amide bonds. The lowest BCUT2D eigenvalue weighted by Crippen LogP contribution is -2.25. The molecule has 0 fully saturated rings. The van der Waals surface area contributed by atoms with Gasteiger partial charge in [-0.15, -0.1) is 11.3 Å². The van der Waals surface area contributed by atoms with Gasteiger partial charge in [-0.3, -0.25) is 19.9 Å². The second kappa shape index (κ2) is 9.20. The Morgan fingerprint density at radius 1 is 1.37 bits per heavy atom. The molecule has 146 valence electrons. The fourth-order valence-corrected chi connectivity index (χ4v) is 5.34. The number of sulfone groups is 1. The molecular weight excluding hydrogens is 457 g/mol. The Morgan fingerprint density at radius 2 is 2.00 bits per heavy atom. The van der Waals surface area contributed by atoms with E-state index in [-0.39, 0.29) is 43.5 Å². The number of carbonyl (C=O) groups excluding carboxylic acids is 1. The molecule has 0 unspecified atom stereocenters. The summed E-state index contributed by atoms with van der Waals surface area (Å²) in [6.07, 6.45) is 4.09. The minimum Gasteiger partial charge on any atom is -0.351 e. The quantitative estimate of drug-likeness (QED) is 0.355. The molecule has 0 aliphatic carbocycles. The first kappa shape index (κ1) is 21.9. The summed E-state index contributed by atoms with van der Waals surface area (Å²) in [5.41, 5.74) is -0.241. The second-order valence-corrected chi connectivity index (χ2v) is 10.7. The molecule has 0 bridgehead atoms. The second-order valence-electron chi connectivity index (χ2n) is 5.31. The summed E-state index contributed by atoms with van der Waals surface area (Å²) in [6, 6.07) is 1.17. The van der Waals surface area contributed by atoms with Crippen LogP contribution >= 0.6 is 46.3 Å². The van der Waals surface area contributed by atoms with Crippen molar-refractivity contribution in [3.8, 4) is 0 Å². The highest BCUT2D eigenvalue weighted by atomic mass is 35.5. The molecule has 0 atom stereocenters. The van der Waals surface area contributed by atoms with Crippen molar-refractivity contribution in [2.24, 2.45) is 0 Å². The normalized spacial score (nSPS) is 11.4. The molecule has 0 aromatic carbocycles. The first-order chi connectivity index (χ1) is 12.6. The van der Waals surface area contributed by atoms with Gasteiger partial charge < -0.3 is 5.32 Å². The first-order valence-corrected chi connectivity index (χ1v) is 11.7. The maximum absolute atomic E-state index is 12.2. The number of amides is 1. The molecule has 2 aromatic heterocycles.